The summed E-state index contributed by atoms with van der Waals surface area (Å²) in [5.74, 6) is 0. The van der Waals surface area contributed by atoms with Gasteiger partial charge in [0.05, 0.1) is 0 Å². The molecular weight excluding hydrogens is 310 g/mol. The zero-order valence-corrected chi connectivity index (χ0v) is 13.8. The topological polar surface area (TPSA) is 12.0 Å². The van der Waals surface area contributed by atoms with Crippen LogP contribution in [0.5, 0.6) is 0 Å². The van der Waals surface area contributed by atoms with Gasteiger partial charge in [0.25, 0.3) is 0 Å². The average molecular weight is 332 g/mol. The third-order valence-electron chi connectivity index (χ3n) is 3.62. The van der Waals surface area contributed by atoms with Crippen LogP contribution in [-0.4, -0.2) is 7.05 Å². The highest BCUT2D eigenvalue weighted by atomic mass is 79.9. The van der Waals surface area contributed by atoms with Crippen LogP contribution in [0.3, 0.4) is 0 Å². The second-order valence-corrected chi connectivity index (χ2v) is 6.08. The predicted molar refractivity (Wildman–Crippen MR) is 90.1 cm³/mol. The quantitative estimate of drug-likeness (QED) is 0.793. The van der Waals surface area contributed by atoms with Gasteiger partial charge in [0, 0.05) is 10.5 Å². The monoisotopic (exact) mass is 331 g/mol. The van der Waals surface area contributed by atoms with E-state index in [9.17, 15) is 0 Å². The van der Waals surface area contributed by atoms with Crippen molar-refractivity contribution in [2.45, 2.75) is 32.2 Å². The molecule has 1 N–H and O–H groups in total. The molecule has 0 saturated heterocycles. The van der Waals surface area contributed by atoms with Crippen molar-refractivity contribution in [3.8, 4) is 0 Å². The first kappa shape index (κ1) is 15.3. The molecule has 0 amide bonds. The third kappa shape index (κ3) is 4.19. The van der Waals surface area contributed by atoms with Crippen molar-refractivity contribution in [3.05, 3.63) is 69.7 Å². The summed E-state index contributed by atoms with van der Waals surface area (Å²) >= 11 is 3.48. The SMILES string of the molecule is CCCc1ccc(C(Cc2ccc(Br)cc2)NC)cc1. The maximum absolute atomic E-state index is 3.48. The molecule has 1 nitrogen and oxygen atoms in total. The Bertz CT molecular complexity index is 516. The minimum atomic E-state index is 0.367. The minimum absolute atomic E-state index is 0.367. The Hall–Kier alpha value is -1.12. The van der Waals surface area contributed by atoms with Crippen LogP contribution < -0.4 is 5.32 Å². The van der Waals surface area contributed by atoms with Crippen LogP contribution in [-0.2, 0) is 12.8 Å². The highest BCUT2D eigenvalue weighted by Gasteiger charge is 2.10. The molecule has 1 atom stereocenters. The van der Waals surface area contributed by atoms with E-state index in [1.165, 1.54) is 23.1 Å². The van der Waals surface area contributed by atoms with Crippen molar-refractivity contribution >= 4 is 15.9 Å². The second-order valence-electron chi connectivity index (χ2n) is 5.16. The smallest absolute Gasteiger partial charge is 0.0358 e. The molecule has 0 aromatic heterocycles. The standard InChI is InChI=1S/C18H22BrN/c1-3-4-14-5-9-16(10-6-14)18(20-2)13-15-7-11-17(19)12-8-15/h5-12,18,20H,3-4,13H2,1-2H3. The summed E-state index contributed by atoms with van der Waals surface area (Å²) in [5, 5.41) is 3.42. The molecule has 2 heteroatoms. The average Bonchev–Trinajstić information content (AvgIpc) is 2.48. The summed E-state index contributed by atoms with van der Waals surface area (Å²) in [6.45, 7) is 2.22. The van der Waals surface area contributed by atoms with Crippen LogP contribution >= 0.6 is 15.9 Å². The van der Waals surface area contributed by atoms with E-state index >= 15 is 0 Å². The van der Waals surface area contributed by atoms with Crippen molar-refractivity contribution in [2.24, 2.45) is 0 Å². The Morgan fingerprint density at radius 3 is 2.10 bits per heavy atom. The van der Waals surface area contributed by atoms with Gasteiger partial charge in [-0.15, -0.1) is 0 Å². The van der Waals surface area contributed by atoms with Gasteiger partial charge in [0.1, 0.15) is 0 Å². The maximum atomic E-state index is 3.48. The van der Waals surface area contributed by atoms with Crippen molar-refractivity contribution < 1.29 is 0 Å². The van der Waals surface area contributed by atoms with Gasteiger partial charge >= 0.3 is 0 Å². The first-order chi connectivity index (χ1) is 9.72. The van der Waals surface area contributed by atoms with Gasteiger partial charge in [-0.3, -0.25) is 0 Å². The number of nitrogens with one attached hydrogen (secondary N) is 1. The Morgan fingerprint density at radius 1 is 0.950 bits per heavy atom. The van der Waals surface area contributed by atoms with Gasteiger partial charge in [-0.05, 0) is 48.7 Å². The summed E-state index contributed by atoms with van der Waals surface area (Å²) < 4.78 is 1.13. The molecular formula is C18H22BrN. The van der Waals surface area contributed by atoms with E-state index in [0.29, 0.717) is 6.04 Å². The van der Waals surface area contributed by atoms with E-state index in [-0.39, 0.29) is 0 Å². The van der Waals surface area contributed by atoms with Crippen molar-refractivity contribution in [1.82, 2.24) is 5.32 Å². The van der Waals surface area contributed by atoms with Gasteiger partial charge in [0.15, 0.2) is 0 Å². The molecule has 0 radical (unpaired) electrons. The largest absolute Gasteiger partial charge is 0.313 e. The molecule has 0 fully saturated rings. The first-order valence-electron chi connectivity index (χ1n) is 7.23. The summed E-state index contributed by atoms with van der Waals surface area (Å²) in [4.78, 5) is 0. The highest BCUT2D eigenvalue weighted by molar-refractivity contribution is 9.10. The third-order valence-corrected chi connectivity index (χ3v) is 4.15. The molecule has 1 unspecified atom stereocenters. The lowest BCUT2D eigenvalue weighted by atomic mass is 9.97. The summed E-state index contributed by atoms with van der Waals surface area (Å²) in [6.07, 6.45) is 3.38. The van der Waals surface area contributed by atoms with Gasteiger partial charge in [0.2, 0.25) is 0 Å². The summed E-state index contributed by atoms with van der Waals surface area (Å²) in [7, 11) is 2.03. The number of hydrogen-bond donors (Lipinski definition) is 1. The molecule has 0 aliphatic carbocycles. The zero-order valence-electron chi connectivity index (χ0n) is 12.2. The second kappa shape index (κ2) is 7.61. The zero-order chi connectivity index (χ0) is 14.4. The molecule has 2 rings (SSSR count). The molecule has 0 aliphatic heterocycles. The van der Waals surface area contributed by atoms with E-state index in [1.54, 1.807) is 0 Å². The van der Waals surface area contributed by atoms with Gasteiger partial charge in [-0.2, -0.15) is 0 Å². The van der Waals surface area contributed by atoms with Crippen LogP contribution in [0.4, 0.5) is 0 Å². The Balaban J connectivity index is 2.09. The lowest BCUT2D eigenvalue weighted by Gasteiger charge is -2.17. The molecule has 0 heterocycles. The van der Waals surface area contributed by atoms with Crippen molar-refractivity contribution in [3.63, 3.8) is 0 Å². The molecule has 0 aliphatic rings. The predicted octanol–water partition coefficient (Wildman–Crippen LogP) is 4.90. The maximum Gasteiger partial charge on any atom is 0.0358 e. The number of halogens is 1. The Kier molecular flexibility index (Phi) is 5.81. The lowest BCUT2D eigenvalue weighted by molar-refractivity contribution is 0.592. The fourth-order valence-electron chi connectivity index (χ4n) is 2.45. The molecule has 0 bridgehead atoms. The van der Waals surface area contributed by atoms with E-state index in [2.05, 4.69) is 76.7 Å². The normalized spacial score (nSPS) is 12.3. The van der Waals surface area contributed by atoms with E-state index in [1.807, 2.05) is 7.05 Å². The van der Waals surface area contributed by atoms with Crippen LogP contribution in [0, 0.1) is 0 Å². The molecule has 2 aromatic rings. The fourth-order valence-corrected chi connectivity index (χ4v) is 2.71. The van der Waals surface area contributed by atoms with Crippen LogP contribution in [0.2, 0.25) is 0 Å². The number of hydrogen-bond acceptors (Lipinski definition) is 1. The minimum Gasteiger partial charge on any atom is -0.313 e. The number of rotatable bonds is 6. The van der Waals surface area contributed by atoms with Gasteiger partial charge < -0.3 is 5.32 Å². The Morgan fingerprint density at radius 2 is 1.55 bits per heavy atom. The Labute approximate surface area is 130 Å². The molecule has 0 spiro atoms. The number of aryl methyl sites for hydroxylation is 1. The van der Waals surface area contributed by atoms with E-state index in [0.717, 1.165) is 17.3 Å². The number of likely N-dealkylation sites (N-methyl/N-ethyl adjacent to an activating group) is 1. The van der Waals surface area contributed by atoms with Crippen molar-refractivity contribution in [2.75, 3.05) is 7.05 Å². The molecule has 2 aromatic carbocycles. The summed E-state index contributed by atoms with van der Waals surface area (Å²) in [6, 6.07) is 18.0. The summed E-state index contributed by atoms with van der Waals surface area (Å²) in [5.41, 5.74) is 4.13. The van der Waals surface area contributed by atoms with E-state index in [4.69, 9.17) is 0 Å². The van der Waals surface area contributed by atoms with Crippen LogP contribution in [0.15, 0.2) is 53.0 Å². The molecule has 0 saturated carbocycles. The fraction of sp³-hybridized carbons (Fsp3) is 0.333. The van der Waals surface area contributed by atoms with Gasteiger partial charge in [-0.1, -0.05) is 65.7 Å². The van der Waals surface area contributed by atoms with Crippen molar-refractivity contribution in [1.29, 1.82) is 0 Å². The number of benzene rings is 2. The molecule has 106 valence electrons. The van der Waals surface area contributed by atoms with Crippen LogP contribution in [0.1, 0.15) is 36.1 Å². The highest BCUT2D eigenvalue weighted by Crippen LogP contribution is 2.20. The first-order valence-corrected chi connectivity index (χ1v) is 8.02. The van der Waals surface area contributed by atoms with Crippen LogP contribution in [0.25, 0.3) is 0 Å². The lowest BCUT2D eigenvalue weighted by Crippen LogP contribution is -2.18. The van der Waals surface area contributed by atoms with E-state index < -0.39 is 0 Å². The van der Waals surface area contributed by atoms with Gasteiger partial charge in [-0.25, -0.2) is 0 Å². The molecule has 20 heavy (non-hydrogen) atoms.